The number of nitrogens with one attached hydrogen (secondary N) is 1. The number of nitrogens with zero attached hydrogens (tertiary/aromatic N) is 1. The summed E-state index contributed by atoms with van der Waals surface area (Å²) in [5.74, 6) is 0. The van der Waals surface area contributed by atoms with Crippen molar-refractivity contribution in [2.45, 2.75) is 31.5 Å². The number of hydrogen-bond donors (Lipinski definition) is 1. The van der Waals surface area contributed by atoms with Gasteiger partial charge in [0.25, 0.3) is 0 Å². The molecule has 3 amide bonds. The van der Waals surface area contributed by atoms with Crippen molar-refractivity contribution in [2.24, 2.45) is 0 Å². The second kappa shape index (κ2) is 5.02. The average molecular weight is 296 g/mol. The third-order valence-corrected chi connectivity index (χ3v) is 4.47. The molecule has 5 heteroatoms. The van der Waals surface area contributed by atoms with Crippen molar-refractivity contribution in [3.63, 3.8) is 0 Å². The quantitative estimate of drug-likeness (QED) is 0.926. The molecule has 2 unspecified atom stereocenters. The van der Waals surface area contributed by atoms with E-state index in [-0.39, 0.29) is 24.7 Å². The second-order valence-electron chi connectivity index (χ2n) is 5.81. The highest BCUT2D eigenvalue weighted by Gasteiger charge is 2.49. The van der Waals surface area contributed by atoms with Gasteiger partial charge in [0.05, 0.1) is 12.1 Å². The maximum atomic E-state index is 12.1. The van der Waals surface area contributed by atoms with Crippen LogP contribution in [0, 0.1) is 0 Å². The molecule has 4 rings (SSSR count). The predicted molar refractivity (Wildman–Crippen MR) is 81.3 cm³/mol. The fraction of sp³-hybridized carbons (Fsp3) is 0.294. The Morgan fingerprint density at radius 2 is 2.00 bits per heavy atom. The lowest BCUT2D eigenvalue weighted by Gasteiger charge is -2.32. The molecule has 5 nitrogen and oxygen atoms in total. The minimum absolute atomic E-state index is 0.0309. The van der Waals surface area contributed by atoms with Crippen LogP contribution >= 0.6 is 0 Å². The van der Waals surface area contributed by atoms with Crippen molar-refractivity contribution in [1.29, 1.82) is 0 Å². The van der Waals surface area contributed by atoms with Crippen molar-refractivity contribution < 1.29 is 14.3 Å². The van der Waals surface area contributed by atoms with Crippen LogP contribution in [0.2, 0.25) is 0 Å². The molecule has 1 saturated heterocycles. The number of carbonyl (C=O) groups excluding carboxylic acids is 2. The molecule has 2 aromatic rings. The van der Waals surface area contributed by atoms with Gasteiger partial charge < -0.3 is 10.1 Å². The Morgan fingerprint density at radius 3 is 2.73 bits per heavy atom. The number of benzene rings is 2. The Balaban J connectivity index is 1.45. The SMILES string of the molecule is O=C1NC2CCC2N1C(=O)OCc1ccc2ccccc2c1. The smallest absolute Gasteiger partial charge is 0.418 e. The fourth-order valence-corrected chi connectivity index (χ4v) is 3.10. The van der Waals surface area contributed by atoms with Crippen molar-refractivity contribution in [1.82, 2.24) is 10.2 Å². The zero-order valence-corrected chi connectivity index (χ0v) is 12.0. The van der Waals surface area contributed by atoms with E-state index in [0.29, 0.717) is 0 Å². The number of fused-ring (bicyclic) bond motifs is 2. The van der Waals surface area contributed by atoms with Crippen LogP contribution in [0.25, 0.3) is 10.8 Å². The molecule has 2 aromatic carbocycles. The number of carbonyl (C=O) groups is 2. The van der Waals surface area contributed by atoms with Gasteiger partial charge in [-0.05, 0) is 35.2 Å². The summed E-state index contributed by atoms with van der Waals surface area (Å²) >= 11 is 0. The van der Waals surface area contributed by atoms with Crippen molar-refractivity contribution in [2.75, 3.05) is 0 Å². The molecule has 2 fully saturated rings. The van der Waals surface area contributed by atoms with Crippen LogP contribution in [0.4, 0.5) is 9.59 Å². The zero-order valence-electron chi connectivity index (χ0n) is 12.0. The van der Waals surface area contributed by atoms with Crippen LogP contribution in [0.15, 0.2) is 42.5 Å². The third kappa shape index (κ3) is 2.09. The molecule has 0 radical (unpaired) electrons. The molecule has 0 spiro atoms. The van der Waals surface area contributed by atoms with E-state index in [1.165, 1.54) is 4.90 Å². The van der Waals surface area contributed by atoms with E-state index in [1.54, 1.807) is 0 Å². The molecule has 2 aliphatic rings. The number of urea groups is 1. The van der Waals surface area contributed by atoms with Gasteiger partial charge in [-0.25, -0.2) is 14.5 Å². The number of imide groups is 1. The van der Waals surface area contributed by atoms with Gasteiger partial charge in [-0.1, -0.05) is 36.4 Å². The monoisotopic (exact) mass is 296 g/mol. The van der Waals surface area contributed by atoms with Crippen LogP contribution < -0.4 is 5.32 Å². The Hall–Kier alpha value is -2.56. The molecule has 2 atom stereocenters. The molecule has 0 aromatic heterocycles. The van der Waals surface area contributed by atoms with Gasteiger partial charge in [0, 0.05) is 0 Å². The maximum absolute atomic E-state index is 12.1. The third-order valence-electron chi connectivity index (χ3n) is 4.47. The number of ether oxygens (including phenoxy) is 1. The Labute approximate surface area is 127 Å². The minimum atomic E-state index is -0.558. The molecular weight excluding hydrogens is 280 g/mol. The normalized spacial score (nSPS) is 22.9. The summed E-state index contributed by atoms with van der Waals surface area (Å²) in [4.78, 5) is 25.1. The molecular formula is C17H16N2O3. The van der Waals surface area contributed by atoms with E-state index in [0.717, 1.165) is 29.2 Å². The first-order valence-corrected chi connectivity index (χ1v) is 7.46. The van der Waals surface area contributed by atoms with Crippen molar-refractivity contribution in [3.05, 3.63) is 48.0 Å². The van der Waals surface area contributed by atoms with Crippen molar-refractivity contribution in [3.8, 4) is 0 Å². The van der Waals surface area contributed by atoms with Gasteiger partial charge in [-0.3, -0.25) is 0 Å². The summed E-state index contributed by atoms with van der Waals surface area (Å²) < 4.78 is 5.31. The number of amides is 3. The first-order valence-electron chi connectivity index (χ1n) is 7.46. The molecule has 1 aliphatic heterocycles. The van der Waals surface area contributed by atoms with Crippen LogP contribution in [0.3, 0.4) is 0 Å². The fourth-order valence-electron chi connectivity index (χ4n) is 3.10. The Bertz CT molecular complexity index is 758. The molecule has 22 heavy (non-hydrogen) atoms. The molecule has 1 aliphatic carbocycles. The summed E-state index contributed by atoms with van der Waals surface area (Å²) in [5, 5.41) is 5.05. The summed E-state index contributed by atoms with van der Waals surface area (Å²) in [5.41, 5.74) is 0.914. The van der Waals surface area contributed by atoms with Gasteiger partial charge in [-0.15, -0.1) is 0 Å². The highest BCUT2D eigenvalue weighted by Crippen LogP contribution is 2.31. The van der Waals surface area contributed by atoms with Gasteiger partial charge in [0.2, 0.25) is 0 Å². The Morgan fingerprint density at radius 1 is 1.18 bits per heavy atom. The summed E-state index contributed by atoms with van der Waals surface area (Å²) in [7, 11) is 0. The predicted octanol–water partition coefficient (Wildman–Crippen LogP) is 3.03. The topological polar surface area (TPSA) is 58.6 Å². The van der Waals surface area contributed by atoms with Gasteiger partial charge >= 0.3 is 12.1 Å². The van der Waals surface area contributed by atoms with Gasteiger partial charge in [0.1, 0.15) is 6.61 Å². The summed E-state index contributed by atoms with van der Waals surface area (Å²) in [6.45, 7) is 0.171. The molecule has 1 saturated carbocycles. The Kier molecular flexibility index (Phi) is 2.99. The molecule has 1 heterocycles. The average Bonchev–Trinajstić information content (AvgIpc) is 2.75. The van der Waals surface area contributed by atoms with Gasteiger partial charge in [-0.2, -0.15) is 0 Å². The van der Waals surface area contributed by atoms with E-state index in [9.17, 15) is 9.59 Å². The van der Waals surface area contributed by atoms with Crippen LogP contribution in [-0.2, 0) is 11.3 Å². The lowest BCUT2D eigenvalue weighted by Crippen LogP contribution is -2.47. The van der Waals surface area contributed by atoms with E-state index in [2.05, 4.69) is 5.32 Å². The minimum Gasteiger partial charge on any atom is -0.444 e. The highest BCUT2D eigenvalue weighted by atomic mass is 16.6. The first kappa shape index (κ1) is 13.1. The lowest BCUT2D eigenvalue weighted by molar-refractivity contribution is 0.0884. The van der Waals surface area contributed by atoms with E-state index >= 15 is 0 Å². The van der Waals surface area contributed by atoms with Crippen molar-refractivity contribution >= 4 is 22.9 Å². The van der Waals surface area contributed by atoms with E-state index < -0.39 is 6.09 Å². The number of hydrogen-bond acceptors (Lipinski definition) is 3. The van der Waals surface area contributed by atoms with Crippen LogP contribution in [0.1, 0.15) is 18.4 Å². The zero-order chi connectivity index (χ0) is 15.1. The molecule has 112 valence electrons. The molecule has 1 N–H and O–H groups in total. The van der Waals surface area contributed by atoms with E-state index in [4.69, 9.17) is 4.74 Å². The summed E-state index contributed by atoms with van der Waals surface area (Å²) in [6.07, 6.45) is 1.23. The maximum Gasteiger partial charge on any atom is 0.418 e. The highest BCUT2D eigenvalue weighted by molar-refractivity contribution is 5.94. The first-order chi connectivity index (χ1) is 10.7. The number of rotatable bonds is 2. The van der Waals surface area contributed by atoms with E-state index in [1.807, 2.05) is 42.5 Å². The summed E-state index contributed by atoms with van der Waals surface area (Å²) in [6, 6.07) is 13.7. The van der Waals surface area contributed by atoms with Crippen LogP contribution in [0.5, 0.6) is 0 Å². The second-order valence-corrected chi connectivity index (χ2v) is 5.81. The largest absolute Gasteiger partial charge is 0.444 e. The molecule has 0 bridgehead atoms. The van der Waals surface area contributed by atoms with Crippen LogP contribution in [-0.4, -0.2) is 29.1 Å². The lowest BCUT2D eigenvalue weighted by atomic mass is 9.87. The standard InChI is InChI=1S/C17H16N2O3/c20-16-18-14-7-8-15(14)19(16)17(21)22-10-11-5-6-12-3-1-2-4-13(12)9-11/h1-6,9,14-15H,7-8,10H2,(H,18,20). The van der Waals surface area contributed by atoms with Gasteiger partial charge in [0.15, 0.2) is 0 Å².